The van der Waals surface area contributed by atoms with E-state index >= 15 is 0 Å². The zero-order chi connectivity index (χ0) is 16.4. The number of nitrogens with zero attached hydrogens (tertiary/aromatic N) is 2. The van der Waals surface area contributed by atoms with Crippen LogP contribution in [-0.2, 0) is 0 Å². The maximum Gasteiger partial charge on any atom is 0.257 e. The van der Waals surface area contributed by atoms with Crippen molar-refractivity contribution >= 4 is 23.2 Å². The first-order chi connectivity index (χ1) is 11.0. The topological polar surface area (TPSA) is 48.2 Å². The van der Waals surface area contributed by atoms with Crippen LogP contribution in [0.1, 0.15) is 24.5 Å². The lowest BCUT2D eigenvalue weighted by Crippen LogP contribution is -2.03. The van der Waals surface area contributed by atoms with Crippen LogP contribution in [0.2, 0.25) is 10.0 Å². The summed E-state index contributed by atoms with van der Waals surface area (Å²) in [6, 6.07) is 12.9. The molecule has 0 amide bonds. The van der Waals surface area contributed by atoms with E-state index in [1.54, 1.807) is 18.2 Å². The van der Waals surface area contributed by atoms with E-state index in [1.807, 2.05) is 38.1 Å². The van der Waals surface area contributed by atoms with Gasteiger partial charge < -0.3 is 9.15 Å². The Kier molecular flexibility index (Phi) is 4.55. The first kappa shape index (κ1) is 15.8. The summed E-state index contributed by atoms with van der Waals surface area (Å²) in [5, 5.41) is 9.14. The predicted molar refractivity (Wildman–Crippen MR) is 90.0 cm³/mol. The van der Waals surface area contributed by atoms with Crippen LogP contribution in [0.15, 0.2) is 46.9 Å². The largest absolute Gasteiger partial charge is 0.479 e. The summed E-state index contributed by atoms with van der Waals surface area (Å²) in [4.78, 5) is 0. The van der Waals surface area contributed by atoms with E-state index < -0.39 is 6.10 Å². The second kappa shape index (κ2) is 6.60. The first-order valence-electron chi connectivity index (χ1n) is 7.05. The average Bonchev–Trinajstić information content (AvgIpc) is 3.01. The Hall–Kier alpha value is -2.04. The minimum absolute atomic E-state index is 0.373. The molecule has 0 N–H and O–H groups in total. The molecule has 1 atom stereocenters. The highest BCUT2D eigenvalue weighted by Gasteiger charge is 2.18. The fourth-order valence-corrected chi connectivity index (χ4v) is 2.43. The van der Waals surface area contributed by atoms with Crippen LogP contribution in [0.4, 0.5) is 0 Å². The third-order valence-electron chi connectivity index (χ3n) is 3.25. The van der Waals surface area contributed by atoms with Crippen LogP contribution in [-0.4, -0.2) is 10.2 Å². The second-order valence-corrected chi connectivity index (χ2v) is 5.99. The SMILES string of the molecule is Cc1cccc(-c2nnc([C@H](C)Oc3cc(Cl)ccc3Cl)o2)c1. The Morgan fingerprint density at radius 1 is 1.09 bits per heavy atom. The lowest BCUT2D eigenvalue weighted by molar-refractivity contribution is 0.190. The molecule has 4 nitrogen and oxygen atoms in total. The third kappa shape index (κ3) is 3.66. The molecule has 3 aromatic rings. The van der Waals surface area contributed by atoms with Crippen LogP contribution in [0, 0.1) is 6.92 Å². The molecule has 118 valence electrons. The van der Waals surface area contributed by atoms with Gasteiger partial charge in [-0.2, -0.15) is 0 Å². The molecule has 0 aliphatic rings. The van der Waals surface area contributed by atoms with E-state index in [9.17, 15) is 0 Å². The van der Waals surface area contributed by atoms with Crippen LogP contribution < -0.4 is 4.74 Å². The van der Waals surface area contributed by atoms with Crippen LogP contribution >= 0.6 is 23.2 Å². The molecule has 0 bridgehead atoms. The van der Waals surface area contributed by atoms with Gasteiger partial charge >= 0.3 is 0 Å². The molecule has 2 aromatic carbocycles. The van der Waals surface area contributed by atoms with Crippen molar-refractivity contribution in [2.24, 2.45) is 0 Å². The molecule has 0 aliphatic carbocycles. The predicted octanol–water partition coefficient (Wildman–Crippen LogP) is 5.49. The molecule has 0 fully saturated rings. The van der Waals surface area contributed by atoms with E-state index in [-0.39, 0.29) is 0 Å². The maximum absolute atomic E-state index is 6.10. The number of halogens is 2. The van der Waals surface area contributed by atoms with E-state index in [1.165, 1.54) is 0 Å². The number of aromatic nitrogens is 2. The molecule has 0 radical (unpaired) electrons. The fraction of sp³-hybridized carbons (Fsp3) is 0.176. The number of hydrogen-bond donors (Lipinski definition) is 0. The molecule has 23 heavy (non-hydrogen) atoms. The zero-order valence-corrected chi connectivity index (χ0v) is 14.1. The van der Waals surface area contributed by atoms with Crippen molar-refractivity contribution in [2.75, 3.05) is 0 Å². The van der Waals surface area contributed by atoms with Crippen molar-refractivity contribution in [1.29, 1.82) is 0 Å². The van der Waals surface area contributed by atoms with Crippen molar-refractivity contribution in [1.82, 2.24) is 10.2 Å². The van der Waals surface area contributed by atoms with Gasteiger partial charge in [0.25, 0.3) is 5.89 Å². The smallest absolute Gasteiger partial charge is 0.257 e. The molecule has 1 aromatic heterocycles. The molecule has 0 aliphatic heterocycles. The molecule has 0 saturated heterocycles. The highest BCUT2D eigenvalue weighted by atomic mass is 35.5. The molecule has 6 heteroatoms. The number of hydrogen-bond acceptors (Lipinski definition) is 4. The molecular weight excluding hydrogens is 335 g/mol. The Bertz CT molecular complexity index is 833. The molecule has 0 unspecified atom stereocenters. The number of aryl methyl sites for hydroxylation is 1. The minimum atomic E-state index is -0.447. The molecule has 0 saturated carbocycles. The van der Waals surface area contributed by atoms with Gasteiger partial charge in [-0.3, -0.25) is 0 Å². The van der Waals surface area contributed by atoms with Gasteiger partial charge in [0, 0.05) is 16.7 Å². The van der Waals surface area contributed by atoms with E-state index in [0.29, 0.717) is 27.6 Å². The van der Waals surface area contributed by atoms with E-state index in [4.69, 9.17) is 32.4 Å². The fourth-order valence-electron chi connectivity index (χ4n) is 2.10. The van der Waals surface area contributed by atoms with Crippen molar-refractivity contribution in [3.05, 3.63) is 64.0 Å². The summed E-state index contributed by atoms with van der Waals surface area (Å²) >= 11 is 12.1. The van der Waals surface area contributed by atoms with E-state index in [0.717, 1.165) is 11.1 Å². The number of benzene rings is 2. The van der Waals surface area contributed by atoms with Crippen molar-refractivity contribution in [3.8, 4) is 17.2 Å². The highest BCUT2D eigenvalue weighted by molar-refractivity contribution is 6.34. The zero-order valence-electron chi connectivity index (χ0n) is 12.6. The minimum Gasteiger partial charge on any atom is -0.479 e. The second-order valence-electron chi connectivity index (χ2n) is 5.15. The third-order valence-corrected chi connectivity index (χ3v) is 3.80. The Labute approximate surface area is 144 Å². The lowest BCUT2D eigenvalue weighted by Gasteiger charge is -2.12. The lowest BCUT2D eigenvalue weighted by atomic mass is 10.1. The van der Waals surface area contributed by atoms with Crippen molar-refractivity contribution in [3.63, 3.8) is 0 Å². The monoisotopic (exact) mass is 348 g/mol. The van der Waals surface area contributed by atoms with Crippen molar-refractivity contribution in [2.45, 2.75) is 20.0 Å². The van der Waals surface area contributed by atoms with Gasteiger partial charge in [-0.1, -0.05) is 40.9 Å². The van der Waals surface area contributed by atoms with Gasteiger partial charge in [0.1, 0.15) is 5.75 Å². The summed E-state index contributed by atoms with van der Waals surface area (Å²) in [6.07, 6.45) is -0.447. The maximum atomic E-state index is 6.10. The van der Waals surface area contributed by atoms with Gasteiger partial charge in [-0.25, -0.2) is 0 Å². The standard InChI is InChI=1S/C17H14Cl2N2O2/c1-10-4-3-5-12(8-10)17-21-20-16(23-17)11(2)22-15-9-13(18)6-7-14(15)19/h3-9,11H,1-2H3/t11-/m0/s1. The summed E-state index contributed by atoms with van der Waals surface area (Å²) in [7, 11) is 0. The Morgan fingerprint density at radius 3 is 2.70 bits per heavy atom. The molecule has 3 rings (SSSR count). The quantitative estimate of drug-likeness (QED) is 0.625. The Morgan fingerprint density at radius 2 is 1.91 bits per heavy atom. The first-order valence-corrected chi connectivity index (χ1v) is 7.80. The number of rotatable bonds is 4. The normalized spacial score (nSPS) is 12.2. The van der Waals surface area contributed by atoms with Gasteiger partial charge in [0.2, 0.25) is 5.89 Å². The highest BCUT2D eigenvalue weighted by Crippen LogP contribution is 2.32. The summed E-state index contributed by atoms with van der Waals surface area (Å²) in [6.45, 7) is 3.82. The average molecular weight is 349 g/mol. The van der Waals surface area contributed by atoms with Gasteiger partial charge in [-0.15, -0.1) is 10.2 Å². The van der Waals surface area contributed by atoms with Crippen LogP contribution in [0.25, 0.3) is 11.5 Å². The number of ether oxygens (including phenoxy) is 1. The molecular formula is C17H14Cl2N2O2. The van der Waals surface area contributed by atoms with Crippen molar-refractivity contribution < 1.29 is 9.15 Å². The van der Waals surface area contributed by atoms with Gasteiger partial charge in [0.05, 0.1) is 5.02 Å². The molecule has 1 heterocycles. The summed E-state index contributed by atoms with van der Waals surface area (Å²) < 4.78 is 11.5. The summed E-state index contributed by atoms with van der Waals surface area (Å²) in [5.74, 6) is 1.30. The molecule has 0 spiro atoms. The van der Waals surface area contributed by atoms with Crippen LogP contribution in [0.5, 0.6) is 5.75 Å². The summed E-state index contributed by atoms with van der Waals surface area (Å²) in [5.41, 5.74) is 1.99. The van der Waals surface area contributed by atoms with E-state index in [2.05, 4.69) is 10.2 Å². The van der Waals surface area contributed by atoms with Crippen LogP contribution in [0.3, 0.4) is 0 Å². The van der Waals surface area contributed by atoms with Gasteiger partial charge in [-0.05, 0) is 38.1 Å². The van der Waals surface area contributed by atoms with Gasteiger partial charge in [0.15, 0.2) is 6.10 Å². The Balaban J connectivity index is 1.81.